The van der Waals surface area contributed by atoms with Crippen molar-refractivity contribution >= 4 is 5.78 Å². The normalized spacial score (nSPS) is 29.3. The molecule has 0 aliphatic heterocycles. The van der Waals surface area contributed by atoms with Gasteiger partial charge in [-0.2, -0.15) is 0 Å². The number of hydrogen-bond donors (Lipinski definition) is 0. The maximum Gasteiger partial charge on any atom is 0.158 e. The zero-order valence-electron chi connectivity index (χ0n) is 8.59. The van der Waals surface area contributed by atoms with Gasteiger partial charge in [-0.15, -0.1) is 0 Å². The molecular formula is C12H20O. The zero-order chi connectivity index (χ0) is 9.52. The summed E-state index contributed by atoms with van der Waals surface area (Å²) in [7, 11) is 0. The smallest absolute Gasteiger partial charge is 0.158 e. The van der Waals surface area contributed by atoms with Crippen LogP contribution in [0, 0.1) is 5.92 Å². The van der Waals surface area contributed by atoms with Crippen molar-refractivity contribution in [2.24, 2.45) is 5.92 Å². The Kier molecular flexibility index (Phi) is 4.81. The second-order valence-corrected chi connectivity index (χ2v) is 4.05. The standard InChI is InChI=1S/C12H20O/c1-11-9-7-5-3-2-4-6-8-10-12(11)13/h8,10-11H,2-7,9H2,1H3/b10-8+. The Labute approximate surface area is 81.2 Å². The molecule has 0 fully saturated rings. The summed E-state index contributed by atoms with van der Waals surface area (Å²) in [5.41, 5.74) is 0. The maximum atomic E-state index is 11.5. The Balaban J connectivity index is 2.42. The van der Waals surface area contributed by atoms with Gasteiger partial charge in [0, 0.05) is 5.92 Å². The molecule has 1 rings (SSSR count). The van der Waals surface area contributed by atoms with Gasteiger partial charge in [-0.1, -0.05) is 38.7 Å². The van der Waals surface area contributed by atoms with Gasteiger partial charge >= 0.3 is 0 Å². The van der Waals surface area contributed by atoms with Crippen LogP contribution >= 0.6 is 0 Å². The first-order valence-corrected chi connectivity index (χ1v) is 5.51. The molecule has 0 saturated heterocycles. The molecule has 74 valence electrons. The summed E-state index contributed by atoms with van der Waals surface area (Å²) < 4.78 is 0. The van der Waals surface area contributed by atoms with Gasteiger partial charge in [0.05, 0.1) is 0 Å². The Morgan fingerprint density at radius 2 is 1.85 bits per heavy atom. The van der Waals surface area contributed by atoms with Gasteiger partial charge in [0.15, 0.2) is 5.78 Å². The summed E-state index contributed by atoms with van der Waals surface area (Å²) in [4.78, 5) is 11.5. The molecule has 1 heteroatoms. The number of carbonyl (C=O) groups is 1. The minimum atomic E-state index is 0.245. The van der Waals surface area contributed by atoms with Crippen molar-refractivity contribution in [2.75, 3.05) is 0 Å². The molecule has 0 aromatic carbocycles. The molecule has 0 heterocycles. The van der Waals surface area contributed by atoms with Crippen molar-refractivity contribution in [3.8, 4) is 0 Å². The van der Waals surface area contributed by atoms with Crippen LogP contribution in [0.4, 0.5) is 0 Å². The SMILES string of the molecule is CC1CCCCCCC/C=C/C1=O. The lowest BCUT2D eigenvalue weighted by atomic mass is 9.98. The van der Waals surface area contributed by atoms with E-state index in [1.165, 1.54) is 32.1 Å². The third-order valence-corrected chi connectivity index (χ3v) is 2.78. The number of rotatable bonds is 0. The quantitative estimate of drug-likeness (QED) is 0.557. The van der Waals surface area contributed by atoms with Crippen LogP contribution in [0.2, 0.25) is 0 Å². The van der Waals surface area contributed by atoms with E-state index in [9.17, 15) is 4.79 Å². The predicted octanol–water partition coefficient (Wildman–Crippen LogP) is 3.49. The lowest BCUT2D eigenvalue weighted by Crippen LogP contribution is -2.07. The van der Waals surface area contributed by atoms with E-state index >= 15 is 0 Å². The highest BCUT2D eigenvalue weighted by Gasteiger charge is 2.09. The highest BCUT2D eigenvalue weighted by Crippen LogP contribution is 2.15. The van der Waals surface area contributed by atoms with E-state index in [4.69, 9.17) is 0 Å². The van der Waals surface area contributed by atoms with Crippen LogP contribution in [0.3, 0.4) is 0 Å². The van der Waals surface area contributed by atoms with Gasteiger partial charge < -0.3 is 0 Å². The minimum Gasteiger partial charge on any atom is -0.295 e. The van der Waals surface area contributed by atoms with Crippen LogP contribution in [-0.2, 0) is 4.79 Å². The number of ketones is 1. The molecule has 0 saturated carbocycles. The first-order chi connectivity index (χ1) is 6.30. The second-order valence-electron chi connectivity index (χ2n) is 4.05. The van der Waals surface area contributed by atoms with E-state index in [1.807, 2.05) is 13.0 Å². The van der Waals surface area contributed by atoms with Crippen LogP contribution in [0.25, 0.3) is 0 Å². The third-order valence-electron chi connectivity index (χ3n) is 2.78. The van der Waals surface area contributed by atoms with Crippen LogP contribution in [0.15, 0.2) is 12.2 Å². The fourth-order valence-electron chi connectivity index (χ4n) is 1.75. The molecule has 0 amide bonds. The Bertz CT molecular complexity index is 182. The van der Waals surface area contributed by atoms with Crippen molar-refractivity contribution in [1.82, 2.24) is 0 Å². The summed E-state index contributed by atoms with van der Waals surface area (Å²) in [5, 5.41) is 0. The summed E-state index contributed by atoms with van der Waals surface area (Å²) in [6, 6.07) is 0. The topological polar surface area (TPSA) is 17.1 Å². The zero-order valence-corrected chi connectivity index (χ0v) is 8.59. The third kappa shape index (κ3) is 4.25. The van der Waals surface area contributed by atoms with Crippen LogP contribution < -0.4 is 0 Å². The largest absolute Gasteiger partial charge is 0.295 e. The molecule has 0 spiro atoms. The lowest BCUT2D eigenvalue weighted by Gasteiger charge is -2.06. The molecule has 1 atom stereocenters. The van der Waals surface area contributed by atoms with Crippen LogP contribution in [-0.4, -0.2) is 5.78 Å². The van der Waals surface area contributed by atoms with Crippen LogP contribution in [0.5, 0.6) is 0 Å². The molecule has 13 heavy (non-hydrogen) atoms. The summed E-state index contributed by atoms with van der Waals surface area (Å²) in [5.74, 6) is 0.566. The van der Waals surface area contributed by atoms with Gasteiger partial charge in [0.2, 0.25) is 0 Å². The van der Waals surface area contributed by atoms with E-state index in [-0.39, 0.29) is 5.92 Å². The van der Waals surface area contributed by atoms with Gasteiger partial charge in [0.25, 0.3) is 0 Å². The summed E-state index contributed by atoms with van der Waals surface area (Å²) in [6.45, 7) is 2.05. The minimum absolute atomic E-state index is 0.245. The van der Waals surface area contributed by atoms with Gasteiger partial charge in [0.1, 0.15) is 0 Å². The van der Waals surface area contributed by atoms with E-state index in [0.29, 0.717) is 5.78 Å². The van der Waals surface area contributed by atoms with Gasteiger partial charge in [-0.05, 0) is 25.3 Å². The van der Waals surface area contributed by atoms with Crippen molar-refractivity contribution in [3.63, 3.8) is 0 Å². The number of hydrogen-bond acceptors (Lipinski definition) is 1. The van der Waals surface area contributed by atoms with Crippen molar-refractivity contribution in [1.29, 1.82) is 0 Å². The maximum absolute atomic E-state index is 11.5. The summed E-state index contributed by atoms with van der Waals surface area (Å²) >= 11 is 0. The Morgan fingerprint density at radius 1 is 1.15 bits per heavy atom. The average molecular weight is 180 g/mol. The number of carbonyl (C=O) groups excluding carboxylic acids is 1. The van der Waals surface area contributed by atoms with Crippen molar-refractivity contribution in [3.05, 3.63) is 12.2 Å². The molecule has 0 aromatic heterocycles. The van der Waals surface area contributed by atoms with E-state index in [2.05, 4.69) is 0 Å². The molecule has 1 unspecified atom stereocenters. The van der Waals surface area contributed by atoms with E-state index in [1.54, 1.807) is 6.08 Å². The van der Waals surface area contributed by atoms with Crippen LogP contribution in [0.1, 0.15) is 51.9 Å². The highest BCUT2D eigenvalue weighted by molar-refractivity contribution is 5.91. The van der Waals surface area contributed by atoms with E-state index < -0.39 is 0 Å². The Hall–Kier alpha value is -0.590. The van der Waals surface area contributed by atoms with Gasteiger partial charge in [-0.25, -0.2) is 0 Å². The fourth-order valence-corrected chi connectivity index (χ4v) is 1.75. The molecule has 0 radical (unpaired) electrons. The number of allylic oxidation sites excluding steroid dienone is 2. The first-order valence-electron chi connectivity index (χ1n) is 5.51. The monoisotopic (exact) mass is 180 g/mol. The molecule has 1 aliphatic rings. The highest BCUT2D eigenvalue weighted by atomic mass is 16.1. The predicted molar refractivity (Wildman–Crippen MR) is 55.6 cm³/mol. The molecule has 0 N–H and O–H groups in total. The molecule has 1 aliphatic carbocycles. The molecule has 1 nitrogen and oxygen atoms in total. The average Bonchev–Trinajstić information content (AvgIpc) is 2.16. The Morgan fingerprint density at radius 3 is 2.69 bits per heavy atom. The molecule has 0 aromatic rings. The van der Waals surface area contributed by atoms with Crippen molar-refractivity contribution in [2.45, 2.75) is 51.9 Å². The first kappa shape index (κ1) is 10.5. The molecular weight excluding hydrogens is 160 g/mol. The van der Waals surface area contributed by atoms with Gasteiger partial charge in [-0.3, -0.25) is 4.79 Å². The lowest BCUT2D eigenvalue weighted by molar-refractivity contribution is -0.117. The van der Waals surface area contributed by atoms with E-state index in [0.717, 1.165) is 12.8 Å². The second kappa shape index (κ2) is 5.95. The van der Waals surface area contributed by atoms with Crippen molar-refractivity contribution < 1.29 is 4.79 Å². The molecule has 0 bridgehead atoms. The fraction of sp³-hybridized carbons (Fsp3) is 0.750. The summed E-state index contributed by atoms with van der Waals surface area (Å²) in [6.07, 6.45) is 12.4.